The Kier molecular flexibility index (Phi) is 4.58. The Balaban J connectivity index is 1.38. The zero-order valence-corrected chi connectivity index (χ0v) is 14.8. The zero-order valence-electron chi connectivity index (χ0n) is 14.8. The van der Waals surface area contributed by atoms with Crippen LogP contribution in [0.2, 0.25) is 0 Å². The van der Waals surface area contributed by atoms with E-state index in [4.69, 9.17) is 4.74 Å². The van der Waals surface area contributed by atoms with E-state index in [1.54, 1.807) is 0 Å². The first-order chi connectivity index (χ1) is 12.2. The fourth-order valence-corrected chi connectivity index (χ4v) is 3.34. The summed E-state index contributed by atoms with van der Waals surface area (Å²) in [6.07, 6.45) is 3.79. The van der Waals surface area contributed by atoms with Gasteiger partial charge in [0.1, 0.15) is 0 Å². The van der Waals surface area contributed by atoms with E-state index in [1.807, 2.05) is 29.2 Å². The lowest BCUT2D eigenvalue weighted by atomic mass is 10.0. The molecule has 2 fully saturated rings. The van der Waals surface area contributed by atoms with Crippen molar-refractivity contribution >= 4 is 5.91 Å². The molecule has 2 aromatic carbocycles. The Morgan fingerprint density at radius 1 is 1.00 bits per heavy atom. The number of amides is 1. The van der Waals surface area contributed by atoms with E-state index in [-0.39, 0.29) is 12.0 Å². The van der Waals surface area contributed by atoms with Gasteiger partial charge in [-0.25, -0.2) is 0 Å². The summed E-state index contributed by atoms with van der Waals surface area (Å²) in [5, 5.41) is 0. The molecule has 4 rings (SSSR count). The lowest BCUT2D eigenvalue weighted by molar-refractivity contribution is 0.0480. The van der Waals surface area contributed by atoms with Crippen molar-refractivity contribution in [3.8, 4) is 11.1 Å². The van der Waals surface area contributed by atoms with E-state index >= 15 is 0 Å². The topological polar surface area (TPSA) is 29.5 Å². The van der Waals surface area contributed by atoms with Gasteiger partial charge in [-0.15, -0.1) is 0 Å². The van der Waals surface area contributed by atoms with Gasteiger partial charge in [0.15, 0.2) is 0 Å². The number of hydrogen-bond donors (Lipinski definition) is 0. The van der Waals surface area contributed by atoms with Gasteiger partial charge in [-0.3, -0.25) is 4.79 Å². The number of rotatable bonds is 5. The number of carbonyl (C=O) groups is 1. The van der Waals surface area contributed by atoms with E-state index in [9.17, 15) is 4.79 Å². The lowest BCUT2D eigenvalue weighted by Gasteiger charge is -2.17. The van der Waals surface area contributed by atoms with Gasteiger partial charge in [0.05, 0.1) is 6.10 Å². The summed E-state index contributed by atoms with van der Waals surface area (Å²) in [5.74, 6) is 0.895. The summed E-state index contributed by atoms with van der Waals surface area (Å²) in [6, 6.07) is 16.4. The van der Waals surface area contributed by atoms with Gasteiger partial charge in [0, 0.05) is 25.3 Å². The van der Waals surface area contributed by atoms with Crippen LogP contribution in [-0.4, -0.2) is 36.6 Å². The Morgan fingerprint density at radius 3 is 2.28 bits per heavy atom. The average molecular weight is 335 g/mol. The predicted molar refractivity (Wildman–Crippen MR) is 99.6 cm³/mol. The molecule has 1 heterocycles. The molecule has 1 saturated carbocycles. The van der Waals surface area contributed by atoms with Crippen LogP contribution in [0, 0.1) is 12.8 Å². The minimum absolute atomic E-state index is 0.118. The molecule has 1 amide bonds. The third kappa shape index (κ3) is 3.93. The molecule has 0 aromatic heterocycles. The largest absolute Gasteiger partial charge is 0.376 e. The summed E-state index contributed by atoms with van der Waals surface area (Å²) < 4.78 is 5.94. The van der Waals surface area contributed by atoms with E-state index in [0.29, 0.717) is 0 Å². The highest BCUT2D eigenvalue weighted by Crippen LogP contribution is 2.30. The van der Waals surface area contributed by atoms with Crippen LogP contribution in [0.4, 0.5) is 0 Å². The third-order valence-corrected chi connectivity index (χ3v) is 5.21. The lowest BCUT2D eigenvalue weighted by Crippen LogP contribution is -2.30. The van der Waals surface area contributed by atoms with Gasteiger partial charge >= 0.3 is 0 Å². The second kappa shape index (κ2) is 7.01. The van der Waals surface area contributed by atoms with Crippen LogP contribution in [-0.2, 0) is 4.74 Å². The number of ether oxygens (including phenoxy) is 1. The van der Waals surface area contributed by atoms with Gasteiger partial charge in [0.25, 0.3) is 5.91 Å². The normalized spacial score (nSPS) is 20.0. The van der Waals surface area contributed by atoms with Crippen molar-refractivity contribution in [1.82, 2.24) is 4.90 Å². The molecule has 3 heteroatoms. The van der Waals surface area contributed by atoms with E-state index in [1.165, 1.54) is 24.0 Å². The van der Waals surface area contributed by atoms with Gasteiger partial charge in [0.2, 0.25) is 0 Å². The summed E-state index contributed by atoms with van der Waals surface area (Å²) in [4.78, 5) is 14.6. The van der Waals surface area contributed by atoms with Crippen LogP contribution in [0.3, 0.4) is 0 Å². The maximum absolute atomic E-state index is 12.7. The number of hydrogen-bond acceptors (Lipinski definition) is 2. The van der Waals surface area contributed by atoms with E-state index < -0.39 is 0 Å². The summed E-state index contributed by atoms with van der Waals surface area (Å²) in [7, 11) is 0. The van der Waals surface area contributed by atoms with Crippen LogP contribution >= 0.6 is 0 Å². The second-order valence-electron chi connectivity index (χ2n) is 7.38. The van der Waals surface area contributed by atoms with Gasteiger partial charge in [-0.1, -0.05) is 42.0 Å². The molecule has 2 aromatic rings. The quantitative estimate of drug-likeness (QED) is 0.815. The molecular weight excluding hydrogens is 310 g/mol. The molecule has 0 spiro atoms. The van der Waals surface area contributed by atoms with Crippen LogP contribution in [0.15, 0.2) is 48.5 Å². The fourth-order valence-electron chi connectivity index (χ4n) is 3.34. The summed E-state index contributed by atoms with van der Waals surface area (Å²) in [6.45, 7) is 4.49. The highest BCUT2D eigenvalue weighted by Gasteiger charge is 2.29. The molecule has 3 nitrogen and oxygen atoms in total. The first-order valence-corrected chi connectivity index (χ1v) is 9.27. The molecule has 1 saturated heterocycles. The monoisotopic (exact) mass is 335 g/mol. The van der Waals surface area contributed by atoms with Gasteiger partial charge in [-0.05, 0) is 55.4 Å². The molecule has 1 atom stereocenters. The number of benzene rings is 2. The van der Waals surface area contributed by atoms with Crippen LogP contribution in [0.5, 0.6) is 0 Å². The summed E-state index contributed by atoms with van der Waals surface area (Å²) >= 11 is 0. The Bertz CT molecular complexity index is 732. The smallest absolute Gasteiger partial charge is 0.253 e. The van der Waals surface area contributed by atoms with Gasteiger partial charge < -0.3 is 9.64 Å². The van der Waals surface area contributed by atoms with Gasteiger partial charge in [-0.2, -0.15) is 0 Å². The van der Waals surface area contributed by atoms with E-state index in [0.717, 1.165) is 43.2 Å². The average Bonchev–Trinajstić information content (AvgIpc) is 3.36. The molecule has 130 valence electrons. The first-order valence-electron chi connectivity index (χ1n) is 9.27. The maximum Gasteiger partial charge on any atom is 0.253 e. The molecule has 0 bridgehead atoms. The van der Waals surface area contributed by atoms with E-state index in [2.05, 4.69) is 31.2 Å². The van der Waals surface area contributed by atoms with Crippen molar-refractivity contribution < 1.29 is 9.53 Å². The number of carbonyl (C=O) groups excluding carboxylic acids is 1. The van der Waals surface area contributed by atoms with Crippen molar-refractivity contribution in [2.45, 2.75) is 32.3 Å². The molecule has 2 aliphatic rings. The highest BCUT2D eigenvalue weighted by molar-refractivity contribution is 5.95. The van der Waals surface area contributed by atoms with Crippen molar-refractivity contribution in [2.75, 3.05) is 19.7 Å². The standard InChI is InChI=1S/C22H25NO2/c1-16-2-6-18(7-3-16)19-8-10-20(11-9-19)22(24)23-13-12-21(14-23)25-15-17-4-5-17/h2-3,6-11,17,21H,4-5,12-15H2,1H3. The van der Waals surface area contributed by atoms with Crippen LogP contribution in [0.25, 0.3) is 11.1 Å². The fraction of sp³-hybridized carbons (Fsp3) is 0.409. The van der Waals surface area contributed by atoms with Crippen molar-refractivity contribution in [3.05, 3.63) is 59.7 Å². The number of likely N-dealkylation sites (tertiary alicyclic amines) is 1. The Labute approximate surface area is 149 Å². The Hall–Kier alpha value is -2.13. The Morgan fingerprint density at radius 2 is 1.64 bits per heavy atom. The molecular formula is C22H25NO2. The maximum atomic E-state index is 12.7. The van der Waals surface area contributed by atoms with Crippen molar-refractivity contribution in [2.24, 2.45) is 5.92 Å². The minimum Gasteiger partial charge on any atom is -0.376 e. The zero-order chi connectivity index (χ0) is 17.2. The minimum atomic E-state index is 0.118. The number of aryl methyl sites for hydroxylation is 1. The second-order valence-corrected chi connectivity index (χ2v) is 7.38. The third-order valence-electron chi connectivity index (χ3n) is 5.21. The molecule has 1 unspecified atom stereocenters. The first kappa shape index (κ1) is 16.3. The molecule has 1 aliphatic carbocycles. The van der Waals surface area contributed by atoms with Crippen LogP contribution in [0.1, 0.15) is 35.2 Å². The van der Waals surface area contributed by atoms with Crippen LogP contribution < -0.4 is 0 Å². The molecule has 0 N–H and O–H groups in total. The SMILES string of the molecule is Cc1ccc(-c2ccc(C(=O)N3CCC(OCC4CC4)C3)cc2)cc1. The summed E-state index contributed by atoms with van der Waals surface area (Å²) in [5.41, 5.74) is 4.34. The highest BCUT2D eigenvalue weighted by atomic mass is 16.5. The molecule has 0 radical (unpaired) electrons. The van der Waals surface area contributed by atoms with Crippen molar-refractivity contribution in [1.29, 1.82) is 0 Å². The predicted octanol–water partition coefficient (Wildman–Crippen LogP) is 4.30. The molecule has 1 aliphatic heterocycles. The number of nitrogens with zero attached hydrogens (tertiary/aromatic N) is 1. The van der Waals surface area contributed by atoms with Crippen molar-refractivity contribution in [3.63, 3.8) is 0 Å². The molecule has 25 heavy (non-hydrogen) atoms.